The highest BCUT2D eigenvalue weighted by Gasteiger charge is 2.22. The number of rotatable bonds is 7. The number of halogens is 1. The molecule has 0 aromatic carbocycles. The smallest absolute Gasteiger partial charge is 0.233 e. The Balaban J connectivity index is 0.00000363. The van der Waals surface area contributed by atoms with E-state index in [2.05, 4.69) is 37.8 Å². The highest BCUT2D eigenvalue weighted by Crippen LogP contribution is 2.26. The van der Waals surface area contributed by atoms with E-state index in [1.54, 1.807) is 14.1 Å². The van der Waals surface area contributed by atoms with E-state index in [1.807, 2.05) is 18.3 Å². The molecular weight excluding hydrogens is 519 g/mol. The number of nitrogens with one attached hydrogen (secondary N) is 3. The molecule has 1 aliphatic heterocycles. The van der Waals surface area contributed by atoms with Gasteiger partial charge in [0.15, 0.2) is 5.96 Å². The number of carbonyl (C=O) groups is 1. The Morgan fingerprint density at radius 1 is 1.22 bits per heavy atom. The number of aliphatic imine (C=N–C) groups is 1. The zero-order chi connectivity index (χ0) is 22.1. The van der Waals surface area contributed by atoms with E-state index in [4.69, 9.17) is 4.74 Å². The third kappa shape index (κ3) is 8.73. The van der Waals surface area contributed by atoms with E-state index in [-0.39, 0.29) is 36.0 Å². The number of nitrogens with zero attached hydrogens (tertiary/aromatic N) is 3. The number of ether oxygens (including phenoxy) is 1. The van der Waals surface area contributed by atoms with Gasteiger partial charge >= 0.3 is 0 Å². The van der Waals surface area contributed by atoms with Crippen molar-refractivity contribution in [2.75, 3.05) is 33.7 Å². The van der Waals surface area contributed by atoms with Crippen molar-refractivity contribution in [1.29, 1.82) is 0 Å². The Morgan fingerprint density at radius 3 is 2.59 bits per heavy atom. The molecule has 180 valence electrons. The fourth-order valence-electron chi connectivity index (χ4n) is 4.23. The lowest BCUT2D eigenvalue weighted by Crippen LogP contribution is -2.49. The maximum atomic E-state index is 11.5. The van der Waals surface area contributed by atoms with Crippen molar-refractivity contribution in [3.05, 3.63) is 23.9 Å². The summed E-state index contributed by atoms with van der Waals surface area (Å²) in [6.07, 6.45) is 8.78. The average molecular weight is 559 g/mol. The molecule has 2 heterocycles. The maximum Gasteiger partial charge on any atom is 0.233 e. The zero-order valence-corrected chi connectivity index (χ0v) is 21.9. The van der Waals surface area contributed by atoms with Crippen molar-refractivity contribution in [3.8, 4) is 5.88 Å². The van der Waals surface area contributed by atoms with E-state index in [0.717, 1.165) is 56.2 Å². The van der Waals surface area contributed by atoms with Crippen LogP contribution in [0.4, 0.5) is 0 Å². The van der Waals surface area contributed by atoms with Gasteiger partial charge in [0, 0.05) is 52.0 Å². The van der Waals surface area contributed by atoms with Crippen molar-refractivity contribution in [1.82, 2.24) is 25.8 Å². The van der Waals surface area contributed by atoms with Crippen LogP contribution in [0.5, 0.6) is 5.88 Å². The van der Waals surface area contributed by atoms with Crippen molar-refractivity contribution in [3.63, 3.8) is 0 Å². The van der Waals surface area contributed by atoms with Gasteiger partial charge in [-0.25, -0.2) is 4.98 Å². The molecule has 0 unspecified atom stereocenters. The van der Waals surface area contributed by atoms with E-state index < -0.39 is 0 Å². The second-order valence-electron chi connectivity index (χ2n) is 8.80. The molecule has 32 heavy (non-hydrogen) atoms. The number of likely N-dealkylation sites (tertiary alicyclic amines) is 1. The summed E-state index contributed by atoms with van der Waals surface area (Å²) in [5.74, 6) is 2.39. The SMILES string of the molecule is CN=C(NCc1ccnc(OC2CCC(C)CC2)c1)NC1CCN(CC(=O)NC)CC1.I. The molecule has 3 N–H and O–H groups in total. The Bertz CT molecular complexity index is 731. The summed E-state index contributed by atoms with van der Waals surface area (Å²) in [5.41, 5.74) is 1.12. The van der Waals surface area contributed by atoms with Crippen LogP contribution in [-0.2, 0) is 11.3 Å². The number of hydrogen-bond donors (Lipinski definition) is 3. The van der Waals surface area contributed by atoms with Gasteiger partial charge in [0.2, 0.25) is 11.8 Å². The standard InChI is InChI=1S/C23H38N6O2.HI/c1-17-4-6-20(7-5-17)31-22-14-18(8-11-26-22)15-27-23(25-3)28-19-9-12-29(13-10-19)16-21(30)24-2;/h8,11,14,17,19-20H,4-7,9-10,12-13,15-16H2,1-3H3,(H,24,30)(H2,25,27,28);1H. The molecule has 8 nitrogen and oxygen atoms in total. The molecular formula is C23H39IN6O2. The minimum absolute atomic E-state index is 0. The molecule has 2 aliphatic rings. The monoisotopic (exact) mass is 558 g/mol. The summed E-state index contributed by atoms with van der Waals surface area (Å²) in [4.78, 5) is 22.5. The van der Waals surface area contributed by atoms with Crippen LogP contribution < -0.4 is 20.7 Å². The predicted octanol–water partition coefficient (Wildman–Crippen LogP) is 2.53. The van der Waals surface area contributed by atoms with Crippen LogP contribution in [0.3, 0.4) is 0 Å². The molecule has 1 aliphatic carbocycles. The minimum Gasteiger partial charge on any atom is -0.474 e. The summed E-state index contributed by atoms with van der Waals surface area (Å²) in [6, 6.07) is 4.39. The number of pyridine rings is 1. The third-order valence-corrected chi connectivity index (χ3v) is 6.31. The molecule has 1 saturated heterocycles. The Hall–Kier alpha value is -1.62. The number of aromatic nitrogens is 1. The van der Waals surface area contributed by atoms with Crippen molar-refractivity contribution in [2.45, 2.75) is 64.1 Å². The number of hydrogen-bond acceptors (Lipinski definition) is 5. The Morgan fingerprint density at radius 2 is 1.94 bits per heavy atom. The molecule has 1 aromatic rings. The Kier molecular flexibility index (Phi) is 11.5. The summed E-state index contributed by atoms with van der Waals surface area (Å²) >= 11 is 0. The molecule has 0 bridgehead atoms. The predicted molar refractivity (Wildman–Crippen MR) is 139 cm³/mol. The van der Waals surface area contributed by atoms with Gasteiger partial charge in [-0.1, -0.05) is 6.92 Å². The summed E-state index contributed by atoms with van der Waals surface area (Å²) in [5, 5.41) is 9.60. The molecule has 0 spiro atoms. The molecule has 9 heteroatoms. The first kappa shape index (κ1) is 26.6. The van der Waals surface area contributed by atoms with Gasteiger partial charge in [-0.3, -0.25) is 14.7 Å². The van der Waals surface area contributed by atoms with Crippen LogP contribution in [0.15, 0.2) is 23.3 Å². The molecule has 1 aromatic heterocycles. The van der Waals surface area contributed by atoms with Gasteiger partial charge in [0.05, 0.1) is 6.54 Å². The molecule has 3 rings (SSSR count). The highest BCUT2D eigenvalue weighted by molar-refractivity contribution is 14.0. The summed E-state index contributed by atoms with van der Waals surface area (Å²) in [7, 11) is 3.47. The lowest BCUT2D eigenvalue weighted by Gasteiger charge is -2.32. The molecule has 0 radical (unpaired) electrons. The van der Waals surface area contributed by atoms with E-state index in [9.17, 15) is 4.79 Å². The lowest BCUT2D eigenvalue weighted by molar-refractivity contribution is -0.122. The van der Waals surface area contributed by atoms with Gasteiger partial charge < -0.3 is 20.7 Å². The molecule has 1 saturated carbocycles. The van der Waals surface area contributed by atoms with Crippen LogP contribution in [0.1, 0.15) is 51.0 Å². The minimum atomic E-state index is 0. The first-order valence-corrected chi connectivity index (χ1v) is 11.6. The van der Waals surface area contributed by atoms with Crippen molar-refractivity contribution in [2.24, 2.45) is 10.9 Å². The molecule has 1 amide bonds. The summed E-state index contributed by atoms with van der Waals surface area (Å²) in [6.45, 7) is 5.27. The number of guanidine groups is 1. The Labute approximate surface area is 209 Å². The lowest BCUT2D eigenvalue weighted by atomic mass is 9.89. The average Bonchev–Trinajstić information content (AvgIpc) is 2.79. The maximum absolute atomic E-state index is 11.5. The van der Waals surface area contributed by atoms with Gasteiger partial charge in [-0.05, 0) is 56.1 Å². The third-order valence-electron chi connectivity index (χ3n) is 6.31. The number of piperidine rings is 1. The zero-order valence-electron chi connectivity index (χ0n) is 19.6. The van der Waals surface area contributed by atoms with Gasteiger partial charge in [-0.2, -0.15) is 0 Å². The highest BCUT2D eigenvalue weighted by atomic mass is 127. The van der Waals surface area contributed by atoms with Gasteiger partial charge in [0.25, 0.3) is 0 Å². The molecule has 2 fully saturated rings. The first-order chi connectivity index (χ1) is 15.1. The number of likely N-dealkylation sites (N-methyl/N-ethyl adjacent to an activating group) is 1. The van der Waals surface area contributed by atoms with E-state index in [1.165, 1.54) is 12.8 Å². The fraction of sp³-hybridized carbons (Fsp3) is 0.696. The van der Waals surface area contributed by atoms with Crippen LogP contribution in [-0.4, -0.2) is 67.6 Å². The summed E-state index contributed by atoms with van der Waals surface area (Å²) < 4.78 is 6.13. The van der Waals surface area contributed by atoms with Gasteiger partial charge in [0.1, 0.15) is 6.10 Å². The van der Waals surface area contributed by atoms with Gasteiger partial charge in [-0.15, -0.1) is 24.0 Å². The van der Waals surface area contributed by atoms with Crippen LogP contribution >= 0.6 is 24.0 Å². The largest absolute Gasteiger partial charge is 0.474 e. The van der Waals surface area contributed by atoms with Crippen molar-refractivity contribution < 1.29 is 9.53 Å². The van der Waals surface area contributed by atoms with Crippen LogP contribution in [0.2, 0.25) is 0 Å². The second-order valence-corrected chi connectivity index (χ2v) is 8.80. The topological polar surface area (TPSA) is 90.9 Å². The second kappa shape index (κ2) is 13.8. The quantitative estimate of drug-likeness (QED) is 0.271. The fourth-order valence-corrected chi connectivity index (χ4v) is 4.23. The van der Waals surface area contributed by atoms with E-state index in [0.29, 0.717) is 25.0 Å². The first-order valence-electron chi connectivity index (χ1n) is 11.6. The number of amides is 1. The van der Waals surface area contributed by atoms with Crippen molar-refractivity contribution >= 4 is 35.8 Å². The van der Waals surface area contributed by atoms with E-state index >= 15 is 0 Å². The van der Waals surface area contributed by atoms with Crippen LogP contribution in [0, 0.1) is 5.92 Å². The molecule has 0 atom stereocenters. The number of carbonyl (C=O) groups excluding carboxylic acids is 1. The van der Waals surface area contributed by atoms with Crippen LogP contribution in [0.25, 0.3) is 0 Å². The normalized spacial score (nSPS) is 22.5.